The first kappa shape index (κ1) is 19.2. The minimum Gasteiger partial charge on any atom is -0.493 e. The maximum atomic E-state index is 14.0. The van der Waals surface area contributed by atoms with Gasteiger partial charge < -0.3 is 14.2 Å². The molecule has 1 aromatic carbocycles. The zero-order valence-corrected chi connectivity index (χ0v) is 16.7. The quantitative estimate of drug-likeness (QED) is 0.766. The highest BCUT2D eigenvalue weighted by Gasteiger charge is 2.40. The highest BCUT2D eigenvalue weighted by Crippen LogP contribution is 2.38. The van der Waals surface area contributed by atoms with Gasteiger partial charge in [-0.3, -0.25) is 4.90 Å². The zero-order valence-electron chi connectivity index (χ0n) is 16.7. The van der Waals surface area contributed by atoms with Gasteiger partial charge in [-0.1, -0.05) is 6.08 Å². The van der Waals surface area contributed by atoms with Crippen LogP contribution in [0, 0.1) is 11.7 Å². The third-order valence-corrected chi connectivity index (χ3v) is 5.26. The summed E-state index contributed by atoms with van der Waals surface area (Å²) in [6.45, 7) is 7.11. The average molecular weight is 389 g/mol. The lowest BCUT2D eigenvalue weighted by Gasteiger charge is -2.44. The molecular weight excluding hydrogens is 361 g/mol. The van der Waals surface area contributed by atoms with Crippen LogP contribution < -0.4 is 4.74 Å². The molecular formula is C22H28FNO4. The van der Waals surface area contributed by atoms with Crippen LogP contribution in [0.5, 0.6) is 5.75 Å². The third kappa shape index (κ3) is 4.32. The van der Waals surface area contributed by atoms with Crippen molar-refractivity contribution >= 4 is 11.7 Å². The highest BCUT2D eigenvalue weighted by molar-refractivity contribution is 5.76. The Kier molecular flexibility index (Phi) is 5.08. The fourth-order valence-electron chi connectivity index (χ4n) is 3.77. The van der Waals surface area contributed by atoms with Crippen LogP contribution in [0.4, 0.5) is 9.18 Å². The minimum atomic E-state index is -0.553. The summed E-state index contributed by atoms with van der Waals surface area (Å²) < 4.78 is 31.2. The van der Waals surface area contributed by atoms with E-state index in [2.05, 4.69) is 0 Å². The lowest BCUT2D eigenvalue weighted by atomic mass is 9.89. The van der Waals surface area contributed by atoms with Crippen molar-refractivity contribution in [2.75, 3.05) is 19.8 Å². The molecule has 0 spiro atoms. The Bertz CT molecular complexity index is 781. The molecule has 2 fully saturated rings. The molecule has 152 valence electrons. The molecule has 2 heterocycles. The second-order valence-electron chi connectivity index (χ2n) is 8.94. The van der Waals surface area contributed by atoms with Crippen molar-refractivity contribution in [3.63, 3.8) is 0 Å². The van der Waals surface area contributed by atoms with Crippen LogP contribution in [0.25, 0.3) is 5.57 Å². The van der Waals surface area contributed by atoms with Gasteiger partial charge in [0, 0.05) is 5.56 Å². The lowest BCUT2D eigenvalue weighted by Crippen LogP contribution is -2.57. The standard InChI is InChI=1S/C22H28FNO4/c1-22(2,3)28-21(25)24-17-8-15(9-18(24)13-26-12-17)19-10-16(23)6-7-20(19)27-11-14-4-5-14/h6-8,10,14,17-18H,4-5,9,11-13H2,1-3H3. The van der Waals surface area contributed by atoms with Crippen LogP contribution >= 0.6 is 0 Å². The van der Waals surface area contributed by atoms with Gasteiger partial charge in [0.25, 0.3) is 0 Å². The maximum absolute atomic E-state index is 14.0. The van der Waals surface area contributed by atoms with Gasteiger partial charge in [0.1, 0.15) is 17.2 Å². The Balaban J connectivity index is 1.60. The van der Waals surface area contributed by atoms with Crippen LogP contribution in [0.2, 0.25) is 0 Å². The second kappa shape index (κ2) is 7.39. The van der Waals surface area contributed by atoms with Gasteiger partial charge in [0.2, 0.25) is 0 Å². The topological polar surface area (TPSA) is 48.0 Å². The predicted molar refractivity (Wildman–Crippen MR) is 104 cm³/mol. The summed E-state index contributed by atoms with van der Waals surface area (Å²) in [6.07, 6.45) is 4.65. The maximum Gasteiger partial charge on any atom is 0.411 e. The molecule has 0 radical (unpaired) electrons. The largest absolute Gasteiger partial charge is 0.493 e. The fourth-order valence-corrected chi connectivity index (χ4v) is 3.77. The van der Waals surface area contributed by atoms with Crippen LogP contribution in [-0.2, 0) is 9.47 Å². The fraction of sp³-hybridized carbons (Fsp3) is 0.591. The van der Waals surface area contributed by atoms with E-state index >= 15 is 0 Å². The Morgan fingerprint density at radius 3 is 2.75 bits per heavy atom. The van der Waals surface area contributed by atoms with Gasteiger partial charge in [-0.2, -0.15) is 0 Å². The molecule has 2 aliphatic heterocycles. The predicted octanol–water partition coefficient (Wildman–Crippen LogP) is 4.41. The van der Waals surface area contributed by atoms with Crippen LogP contribution in [0.3, 0.4) is 0 Å². The van der Waals surface area contributed by atoms with E-state index in [0.29, 0.717) is 37.9 Å². The van der Waals surface area contributed by atoms with E-state index in [-0.39, 0.29) is 24.0 Å². The molecule has 6 heteroatoms. The molecule has 3 aliphatic rings. The summed E-state index contributed by atoms with van der Waals surface area (Å²) >= 11 is 0. The van der Waals surface area contributed by atoms with E-state index in [0.717, 1.165) is 11.1 Å². The van der Waals surface area contributed by atoms with E-state index in [1.54, 1.807) is 11.0 Å². The van der Waals surface area contributed by atoms with Crippen LogP contribution in [-0.4, -0.2) is 48.5 Å². The van der Waals surface area contributed by atoms with Crippen molar-refractivity contribution in [2.24, 2.45) is 5.92 Å². The second-order valence-corrected chi connectivity index (χ2v) is 8.94. The number of carbonyl (C=O) groups is 1. The SMILES string of the molecule is CC(C)(C)OC(=O)N1C2C=C(c3cc(F)ccc3OCC3CC3)CC1COC2. The Hall–Kier alpha value is -2.08. The van der Waals surface area contributed by atoms with Crippen molar-refractivity contribution in [3.8, 4) is 5.75 Å². The molecule has 1 aromatic rings. The summed E-state index contributed by atoms with van der Waals surface area (Å²) in [6, 6.07) is 4.32. The normalized spacial score (nSPS) is 24.6. The molecule has 1 aliphatic carbocycles. The van der Waals surface area contributed by atoms with Crippen LogP contribution in [0.1, 0.15) is 45.6 Å². The average Bonchev–Trinajstić information content (AvgIpc) is 3.42. The number of hydrogen-bond acceptors (Lipinski definition) is 4. The molecule has 2 atom stereocenters. The number of rotatable bonds is 4. The summed E-state index contributed by atoms with van der Waals surface area (Å²) in [5.74, 6) is 1.04. The van der Waals surface area contributed by atoms with Gasteiger partial charge in [0.15, 0.2) is 0 Å². The molecule has 2 bridgehead atoms. The van der Waals surface area contributed by atoms with Gasteiger partial charge in [-0.05, 0) is 69.7 Å². The Morgan fingerprint density at radius 2 is 2.07 bits per heavy atom. The van der Waals surface area contributed by atoms with Crippen molar-refractivity contribution in [2.45, 2.75) is 57.7 Å². The summed E-state index contributed by atoms with van der Waals surface area (Å²) in [5, 5.41) is 0. The minimum absolute atomic E-state index is 0.131. The number of carbonyl (C=O) groups excluding carboxylic acids is 1. The molecule has 1 amide bonds. The number of amides is 1. The molecule has 1 saturated carbocycles. The van der Waals surface area contributed by atoms with E-state index in [1.165, 1.54) is 25.0 Å². The number of halogens is 1. The van der Waals surface area contributed by atoms with Crippen molar-refractivity contribution in [3.05, 3.63) is 35.7 Å². The van der Waals surface area contributed by atoms with Gasteiger partial charge in [0.05, 0.1) is 31.9 Å². The first-order chi connectivity index (χ1) is 13.3. The van der Waals surface area contributed by atoms with Gasteiger partial charge in [-0.25, -0.2) is 9.18 Å². The molecule has 0 N–H and O–H groups in total. The van der Waals surface area contributed by atoms with E-state index < -0.39 is 5.60 Å². The molecule has 4 rings (SSSR count). The third-order valence-electron chi connectivity index (χ3n) is 5.26. The molecule has 1 saturated heterocycles. The van der Waals surface area contributed by atoms with Crippen LogP contribution in [0.15, 0.2) is 24.3 Å². The molecule has 2 unspecified atom stereocenters. The van der Waals surface area contributed by atoms with Crippen molar-refractivity contribution < 1.29 is 23.4 Å². The monoisotopic (exact) mass is 389 g/mol. The van der Waals surface area contributed by atoms with E-state index in [4.69, 9.17) is 14.2 Å². The summed E-state index contributed by atoms with van der Waals surface area (Å²) in [5.41, 5.74) is 1.23. The molecule has 5 nitrogen and oxygen atoms in total. The van der Waals surface area contributed by atoms with Crippen molar-refractivity contribution in [1.82, 2.24) is 4.90 Å². The van der Waals surface area contributed by atoms with E-state index in [1.807, 2.05) is 26.8 Å². The van der Waals surface area contributed by atoms with Gasteiger partial charge >= 0.3 is 6.09 Å². The Labute approximate surface area is 165 Å². The number of nitrogens with zero attached hydrogens (tertiary/aromatic N) is 1. The zero-order chi connectivity index (χ0) is 19.9. The number of benzene rings is 1. The smallest absolute Gasteiger partial charge is 0.411 e. The molecule has 28 heavy (non-hydrogen) atoms. The lowest BCUT2D eigenvalue weighted by molar-refractivity contribution is -0.0510. The van der Waals surface area contributed by atoms with E-state index in [9.17, 15) is 9.18 Å². The highest BCUT2D eigenvalue weighted by atomic mass is 19.1. The summed E-state index contributed by atoms with van der Waals surface area (Å²) in [7, 11) is 0. The first-order valence-electron chi connectivity index (χ1n) is 10.0. The number of ether oxygens (including phenoxy) is 3. The Morgan fingerprint density at radius 1 is 1.29 bits per heavy atom. The summed E-state index contributed by atoms with van der Waals surface area (Å²) in [4.78, 5) is 14.5. The number of morpholine rings is 1. The number of fused-ring (bicyclic) bond motifs is 2. The van der Waals surface area contributed by atoms with Crippen molar-refractivity contribution in [1.29, 1.82) is 0 Å². The first-order valence-corrected chi connectivity index (χ1v) is 10.0. The number of hydrogen-bond donors (Lipinski definition) is 0. The van der Waals surface area contributed by atoms with Gasteiger partial charge in [-0.15, -0.1) is 0 Å². The molecule has 0 aromatic heterocycles.